The van der Waals surface area contributed by atoms with Crippen LogP contribution in [0.3, 0.4) is 0 Å². The molecule has 0 bridgehead atoms. The van der Waals surface area contributed by atoms with E-state index in [0.717, 1.165) is 55.2 Å². The first-order valence-electron chi connectivity index (χ1n) is 24.2. The van der Waals surface area contributed by atoms with Gasteiger partial charge >= 0.3 is 5.69 Å². The Hall–Kier alpha value is -6.72. The molecular weight excluding hydrogens is 895 g/mol. The van der Waals surface area contributed by atoms with Crippen molar-refractivity contribution in [2.75, 3.05) is 54.5 Å². The standard InChI is InChI=1S/C52H57N9O7S/c1-33(2)39-12-6-7-13-40(39)42-14-8-21-59(42)38-30-52(31-38)18-23-58(24-19-52)37-15-16-41(43(28-37)60-22-9-25-67-50-45(60)27-35-17-20-53-48(35)56-50)49(62)57-69(65,66)46-29-44(61(63)64)47-51(55-46)68-32-36(54-47)26-34-10-4-3-5-11-34/h3-7,10-13,15-17,20,27-29,33,36,38,42,54H,8-9,14,18-19,21-26,30-32H2,1-2H3,(H,53,56)(H,57,62)/t36-,42-/m0/s1. The Balaban J connectivity index is 0.854. The number of nitrogens with zero attached hydrogens (tertiary/aromatic N) is 6. The minimum Gasteiger partial charge on any atom is -0.476 e. The van der Waals surface area contributed by atoms with Gasteiger partial charge in [-0.25, -0.2) is 4.72 Å². The number of fused-ring (bicyclic) bond motifs is 3. The molecule has 5 aliphatic rings. The highest BCUT2D eigenvalue weighted by atomic mass is 32.2. The predicted octanol–water partition coefficient (Wildman–Crippen LogP) is 9.03. The van der Waals surface area contributed by atoms with E-state index < -0.39 is 31.6 Å². The minimum absolute atomic E-state index is 0.0215. The summed E-state index contributed by atoms with van der Waals surface area (Å²) in [5.74, 6) is -0.269. The molecule has 7 heterocycles. The highest BCUT2D eigenvalue weighted by Gasteiger charge is 2.50. The number of carbonyl (C=O) groups is 1. The maximum Gasteiger partial charge on any atom is 0.300 e. The number of likely N-dealkylation sites (tertiary alicyclic amines) is 1. The molecule has 3 fully saturated rings. The molecule has 4 aliphatic heterocycles. The number of benzene rings is 3. The number of pyridine rings is 2. The van der Waals surface area contributed by atoms with E-state index in [0.29, 0.717) is 72.3 Å². The van der Waals surface area contributed by atoms with E-state index in [4.69, 9.17) is 14.5 Å². The fourth-order valence-electron chi connectivity index (χ4n) is 11.5. The fourth-order valence-corrected chi connectivity index (χ4v) is 12.5. The van der Waals surface area contributed by atoms with Crippen LogP contribution in [0.1, 0.15) is 97.8 Å². The number of hydrogen-bond acceptors (Lipinski definition) is 13. The van der Waals surface area contributed by atoms with Gasteiger partial charge in [-0.2, -0.15) is 18.4 Å². The number of nitro groups is 1. The van der Waals surface area contributed by atoms with Crippen LogP contribution in [-0.2, 0) is 16.4 Å². The Morgan fingerprint density at radius 1 is 0.913 bits per heavy atom. The second kappa shape index (κ2) is 18.0. The molecule has 0 radical (unpaired) electrons. The van der Waals surface area contributed by atoms with Crippen LogP contribution in [0.25, 0.3) is 11.0 Å². The lowest BCUT2D eigenvalue weighted by atomic mass is 9.59. The van der Waals surface area contributed by atoms with Crippen molar-refractivity contribution in [3.05, 3.63) is 130 Å². The van der Waals surface area contributed by atoms with Crippen LogP contribution < -0.4 is 29.3 Å². The van der Waals surface area contributed by atoms with Crippen molar-refractivity contribution in [1.29, 1.82) is 0 Å². The number of aromatic amines is 1. The average Bonchev–Trinajstić information content (AvgIpc) is 3.97. The molecule has 11 rings (SSSR count). The Kier molecular flexibility index (Phi) is 11.7. The number of piperidine rings is 1. The van der Waals surface area contributed by atoms with Gasteiger partial charge in [-0.1, -0.05) is 68.4 Å². The largest absolute Gasteiger partial charge is 0.476 e. The maximum atomic E-state index is 14.5. The van der Waals surface area contributed by atoms with Crippen molar-refractivity contribution in [2.24, 2.45) is 5.41 Å². The third-order valence-electron chi connectivity index (χ3n) is 15.1. The lowest BCUT2D eigenvalue weighted by molar-refractivity contribution is -0.384. The topological polar surface area (TPSA) is 188 Å². The van der Waals surface area contributed by atoms with Gasteiger partial charge in [0.1, 0.15) is 17.9 Å². The normalized spacial score (nSPS) is 20.3. The predicted molar refractivity (Wildman–Crippen MR) is 264 cm³/mol. The second-order valence-electron chi connectivity index (χ2n) is 19.7. The zero-order valence-corrected chi connectivity index (χ0v) is 39.7. The van der Waals surface area contributed by atoms with Crippen molar-refractivity contribution in [3.63, 3.8) is 0 Å². The third-order valence-corrected chi connectivity index (χ3v) is 16.3. The molecule has 3 aromatic carbocycles. The van der Waals surface area contributed by atoms with Crippen molar-refractivity contribution in [1.82, 2.24) is 24.6 Å². The van der Waals surface area contributed by atoms with E-state index in [-0.39, 0.29) is 29.8 Å². The van der Waals surface area contributed by atoms with E-state index in [2.05, 4.69) is 67.9 Å². The summed E-state index contributed by atoms with van der Waals surface area (Å²) in [5.41, 5.74) is 6.50. The zero-order valence-electron chi connectivity index (χ0n) is 38.9. The highest BCUT2D eigenvalue weighted by Crippen LogP contribution is 2.54. The molecule has 1 saturated carbocycles. The SMILES string of the molecule is CC(C)c1ccccc1[C@@H]1CCCN1C1CC2(CCN(c3ccc(C(=O)NS(=O)(=O)c4cc([N+](=O)[O-])c5c(n4)OC[C@H](Cc4ccccc4)N5)c(N4CCCOc5nc6[nH]ccc6cc54)c3)CC2)C1. The number of H-pyrrole nitrogens is 1. The molecule has 2 saturated heterocycles. The van der Waals surface area contributed by atoms with Gasteiger partial charge in [0.15, 0.2) is 10.7 Å². The van der Waals surface area contributed by atoms with Crippen LogP contribution in [0.5, 0.6) is 11.8 Å². The molecule has 358 valence electrons. The van der Waals surface area contributed by atoms with Gasteiger partial charge in [-0.15, -0.1) is 0 Å². The number of rotatable bonds is 11. The summed E-state index contributed by atoms with van der Waals surface area (Å²) in [6, 6.07) is 29.6. The van der Waals surface area contributed by atoms with Crippen molar-refractivity contribution in [2.45, 2.75) is 94.3 Å². The molecule has 17 heteroatoms. The summed E-state index contributed by atoms with van der Waals surface area (Å²) in [5, 5.41) is 15.7. The Labute approximate surface area is 401 Å². The number of ether oxygens (including phenoxy) is 2. The molecule has 16 nitrogen and oxygen atoms in total. The van der Waals surface area contributed by atoms with Crippen molar-refractivity contribution < 1.29 is 27.6 Å². The molecule has 6 aromatic rings. The molecule has 3 N–H and O–H groups in total. The summed E-state index contributed by atoms with van der Waals surface area (Å²) in [6.07, 6.45) is 9.87. The Bertz CT molecular complexity index is 3040. The van der Waals surface area contributed by atoms with Gasteiger partial charge in [0.05, 0.1) is 34.9 Å². The number of nitrogens with one attached hydrogen (secondary N) is 3. The molecule has 1 aliphatic carbocycles. The van der Waals surface area contributed by atoms with Crippen LogP contribution in [0.15, 0.2) is 102 Å². The average molecular weight is 952 g/mol. The summed E-state index contributed by atoms with van der Waals surface area (Å²) in [4.78, 5) is 45.5. The van der Waals surface area contributed by atoms with Crippen molar-refractivity contribution >= 4 is 55.4 Å². The minimum atomic E-state index is -4.77. The Morgan fingerprint density at radius 3 is 2.51 bits per heavy atom. The second-order valence-corrected chi connectivity index (χ2v) is 21.3. The van der Waals surface area contributed by atoms with Crippen LogP contribution in [0, 0.1) is 15.5 Å². The lowest BCUT2D eigenvalue weighted by Crippen LogP contribution is -2.55. The van der Waals surface area contributed by atoms with E-state index in [1.165, 1.54) is 36.8 Å². The summed E-state index contributed by atoms with van der Waals surface area (Å²) < 4.78 is 42.5. The number of carbonyl (C=O) groups excluding carboxylic acids is 1. The number of aromatic nitrogens is 3. The quantitative estimate of drug-likeness (QED) is 0.0825. The zero-order chi connectivity index (χ0) is 47.4. The van der Waals surface area contributed by atoms with Gasteiger partial charge in [-0.05, 0) is 116 Å². The maximum absolute atomic E-state index is 14.5. The molecular formula is C52H57N9O7S. The van der Waals surface area contributed by atoms with Gasteiger partial charge < -0.3 is 29.6 Å². The Morgan fingerprint density at radius 2 is 1.71 bits per heavy atom. The summed E-state index contributed by atoms with van der Waals surface area (Å²) >= 11 is 0. The van der Waals surface area contributed by atoms with E-state index >= 15 is 0 Å². The molecule has 1 amide bonds. The molecule has 2 atom stereocenters. The van der Waals surface area contributed by atoms with Gasteiger partial charge in [-0.3, -0.25) is 19.8 Å². The van der Waals surface area contributed by atoms with Gasteiger partial charge in [0.25, 0.3) is 15.9 Å². The number of amides is 1. The van der Waals surface area contributed by atoms with Crippen LogP contribution in [0.4, 0.5) is 28.4 Å². The monoisotopic (exact) mass is 951 g/mol. The van der Waals surface area contributed by atoms with E-state index in [1.807, 2.05) is 59.5 Å². The molecule has 3 aromatic heterocycles. The highest BCUT2D eigenvalue weighted by molar-refractivity contribution is 7.90. The number of hydrogen-bond donors (Lipinski definition) is 3. The van der Waals surface area contributed by atoms with Crippen LogP contribution >= 0.6 is 0 Å². The molecule has 69 heavy (non-hydrogen) atoms. The third kappa shape index (κ3) is 8.60. The first kappa shape index (κ1) is 44.8. The van der Waals surface area contributed by atoms with Crippen LogP contribution in [0.2, 0.25) is 0 Å². The first-order valence-corrected chi connectivity index (χ1v) is 25.7. The smallest absolute Gasteiger partial charge is 0.300 e. The number of anilines is 4. The summed E-state index contributed by atoms with van der Waals surface area (Å²) in [7, 11) is -4.77. The summed E-state index contributed by atoms with van der Waals surface area (Å²) in [6.45, 7) is 8.37. The molecule has 0 unspecified atom stereocenters. The van der Waals surface area contributed by atoms with Gasteiger partial charge in [0.2, 0.25) is 11.8 Å². The fraction of sp³-hybridized carbons (Fsp3) is 0.404. The van der Waals surface area contributed by atoms with Gasteiger partial charge in [0, 0.05) is 49.0 Å². The lowest BCUT2D eigenvalue weighted by Gasteiger charge is -2.56. The van der Waals surface area contributed by atoms with Crippen LogP contribution in [-0.4, -0.2) is 90.6 Å². The molecule has 1 spiro atoms. The van der Waals surface area contributed by atoms with E-state index in [9.17, 15) is 23.3 Å². The van der Waals surface area contributed by atoms with Crippen molar-refractivity contribution in [3.8, 4) is 11.8 Å². The first-order chi connectivity index (χ1) is 33.4. The van der Waals surface area contributed by atoms with E-state index in [1.54, 1.807) is 12.3 Å². The number of sulfonamides is 1.